The highest BCUT2D eigenvalue weighted by Gasteiger charge is 2.21. The first-order valence-corrected chi connectivity index (χ1v) is 14.2. The first-order chi connectivity index (χ1) is 17.7. The van der Waals surface area contributed by atoms with Crippen LogP contribution in [0.5, 0.6) is 5.75 Å². The zero-order chi connectivity index (χ0) is 26.6. The van der Waals surface area contributed by atoms with Crippen LogP contribution in [0.15, 0.2) is 58.0 Å². The van der Waals surface area contributed by atoms with E-state index in [0.29, 0.717) is 33.4 Å². The number of aliphatic hydroxyl groups excluding tert-OH is 1. The van der Waals surface area contributed by atoms with Crippen LogP contribution in [-0.4, -0.2) is 55.8 Å². The fraction of sp³-hybridized carbons (Fsp3) is 0.360. The van der Waals surface area contributed by atoms with Gasteiger partial charge in [-0.2, -0.15) is 4.98 Å². The standard InChI is InChI=1S/C25H31BrN6O4S/c1-16(2)31-37(34,35)23-7-5-4-6-20(23)28-24-19(26)15-27-25(30-24)29-21-14-17(8-9-22(21)36-3)32-12-10-18(33)11-13-32/h4-9,14-16,18,31,33H,10-13H2,1-3H3,(H2,27,28,29,30). The van der Waals surface area contributed by atoms with Crippen molar-refractivity contribution in [1.82, 2.24) is 14.7 Å². The summed E-state index contributed by atoms with van der Waals surface area (Å²) < 4.78 is 34.4. The number of nitrogens with one attached hydrogen (secondary N) is 3. The number of anilines is 5. The van der Waals surface area contributed by atoms with Crippen LogP contribution in [0.4, 0.5) is 28.8 Å². The minimum Gasteiger partial charge on any atom is -0.495 e. The molecule has 3 aromatic rings. The predicted octanol–water partition coefficient (Wildman–Crippen LogP) is 4.38. The zero-order valence-corrected chi connectivity index (χ0v) is 23.3. The summed E-state index contributed by atoms with van der Waals surface area (Å²) in [4.78, 5) is 11.3. The lowest BCUT2D eigenvalue weighted by Crippen LogP contribution is -2.35. The number of rotatable bonds is 9. The Morgan fingerprint density at radius 2 is 1.84 bits per heavy atom. The van der Waals surface area contributed by atoms with Crippen molar-refractivity contribution < 1.29 is 18.3 Å². The molecule has 1 saturated heterocycles. The second kappa shape index (κ2) is 11.6. The van der Waals surface area contributed by atoms with E-state index in [0.717, 1.165) is 31.6 Å². The number of hydrogen-bond donors (Lipinski definition) is 4. The van der Waals surface area contributed by atoms with Crippen molar-refractivity contribution in [2.24, 2.45) is 0 Å². The number of halogens is 1. The number of hydrogen-bond acceptors (Lipinski definition) is 9. The summed E-state index contributed by atoms with van der Waals surface area (Å²) in [5, 5.41) is 16.2. The maximum Gasteiger partial charge on any atom is 0.242 e. The lowest BCUT2D eigenvalue weighted by atomic mass is 10.1. The Balaban J connectivity index is 1.61. The van der Waals surface area contributed by atoms with Crippen molar-refractivity contribution in [2.75, 3.05) is 35.7 Å². The van der Waals surface area contributed by atoms with Gasteiger partial charge in [-0.05, 0) is 73.0 Å². The van der Waals surface area contributed by atoms with Crippen LogP contribution in [0, 0.1) is 0 Å². The van der Waals surface area contributed by atoms with Gasteiger partial charge in [0.05, 0.1) is 29.1 Å². The summed E-state index contributed by atoms with van der Waals surface area (Å²) in [6.07, 6.45) is 2.78. The van der Waals surface area contributed by atoms with Crippen molar-refractivity contribution in [3.8, 4) is 5.75 Å². The monoisotopic (exact) mass is 590 g/mol. The maximum absolute atomic E-state index is 12.9. The molecule has 198 valence electrons. The van der Waals surface area contributed by atoms with Crippen molar-refractivity contribution in [2.45, 2.75) is 43.7 Å². The Labute approximate surface area is 225 Å². The van der Waals surface area contributed by atoms with Crippen LogP contribution in [0.1, 0.15) is 26.7 Å². The second-order valence-corrected chi connectivity index (χ2v) is 11.6. The first kappa shape index (κ1) is 27.1. The Hall–Kier alpha value is -2.93. The van der Waals surface area contributed by atoms with Crippen LogP contribution in [0.2, 0.25) is 0 Å². The van der Waals surface area contributed by atoms with Crippen molar-refractivity contribution >= 4 is 54.8 Å². The van der Waals surface area contributed by atoms with E-state index in [2.05, 4.69) is 46.2 Å². The molecular formula is C25H31BrN6O4S. The summed E-state index contributed by atoms with van der Waals surface area (Å²) in [5.74, 6) is 1.32. The van der Waals surface area contributed by atoms with Crippen LogP contribution in [0.25, 0.3) is 0 Å². The predicted molar refractivity (Wildman–Crippen MR) is 149 cm³/mol. The van der Waals surface area contributed by atoms with E-state index in [1.807, 2.05) is 18.2 Å². The molecule has 10 nitrogen and oxygen atoms in total. The Kier molecular flexibility index (Phi) is 8.53. The number of benzene rings is 2. The molecule has 2 aromatic carbocycles. The van der Waals surface area contributed by atoms with Gasteiger partial charge in [0.2, 0.25) is 16.0 Å². The van der Waals surface area contributed by atoms with Crippen LogP contribution < -0.4 is 25.0 Å². The quantitative estimate of drug-likeness (QED) is 0.287. The molecule has 1 fully saturated rings. The number of nitrogens with zero attached hydrogens (tertiary/aromatic N) is 3. The minimum absolute atomic E-state index is 0.116. The van der Waals surface area contributed by atoms with E-state index in [1.165, 1.54) is 6.07 Å². The molecule has 4 N–H and O–H groups in total. The summed E-state index contributed by atoms with van der Waals surface area (Å²) >= 11 is 3.45. The van der Waals surface area contributed by atoms with Gasteiger partial charge in [0, 0.05) is 31.0 Å². The third-order valence-corrected chi connectivity index (χ3v) is 8.12. The molecular weight excluding hydrogens is 560 g/mol. The first-order valence-electron chi connectivity index (χ1n) is 12.0. The SMILES string of the molecule is COc1ccc(N2CCC(O)CC2)cc1Nc1ncc(Br)c(Nc2ccccc2S(=O)(=O)NC(C)C)n1. The van der Waals surface area contributed by atoms with Crippen molar-refractivity contribution in [3.05, 3.63) is 53.1 Å². The van der Waals surface area contributed by atoms with Gasteiger partial charge < -0.3 is 25.4 Å². The molecule has 0 spiro atoms. The third kappa shape index (κ3) is 6.69. The normalized spacial score (nSPS) is 14.6. The van der Waals surface area contributed by atoms with Gasteiger partial charge in [0.15, 0.2) is 0 Å². The highest BCUT2D eigenvalue weighted by Crippen LogP contribution is 2.34. The molecule has 1 aliphatic rings. The van der Waals surface area contributed by atoms with Crippen molar-refractivity contribution in [1.29, 1.82) is 0 Å². The summed E-state index contributed by atoms with van der Waals surface area (Å²) in [6.45, 7) is 5.07. The molecule has 4 rings (SSSR count). The number of ether oxygens (including phenoxy) is 1. The van der Waals surface area contributed by atoms with E-state index in [1.54, 1.807) is 45.4 Å². The fourth-order valence-electron chi connectivity index (χ4n) is 4.06. The summed E-state index contributed by atoms with van der Waals surface area (Å²) in [6, 6.07) is 12.2. The molecule has 0 atom stereocenters. The van der Waals surface area contributed by atoms with E-state index in [-0.39, 0.29) is 17.0 Å². The third-order valence-electron chi connectivity index (χ3n) is 5.82. The van der Waals surface area contributed by atoms with Gasteiger partial charge in [0.25, 0.3) is 0 Å². The number of methoxy groups -OCH3 is 1. The van der Waals surface area contributed by atoms with E-state index in [9.17, 15) is 13.5 Å². The second-order valence-electron chi connectivity index (χ2n) is 9.02. The van der Waals surface area contributed by atoms with Crippen molar-refractivity contribution in [3.63, 3.8) is 0 Å². The zero-order valence-electron chi connectivity index (χ0n) is 20.9. The van der Waals surface area contributed by atoms with Crippen LogP contribution in [-0.2, 0) is 10.0 Å². The molecule has 0 unspecified atom stereocenters. The lowest BCUT2D eigenvalue weighted by Gasteiger charge is -2.32. The molecule has 2 heterocycles. The number of aliphatic hydroxyl groups is 1. The van der Waals surface area contributed by atoms with E-state index >= 15 is 0 Å². The van der Waals surface area contributed by atoms with Gasteiger partial charge in [-0.1, -0.05) is 12.1 Å². The number of para-hydroxylation sites is 1. The number of aromatic nitrogens is 2. The molecule has 0 aliphatic carbocycles. The van der Waals surface area contributed by atoms with E-state index in [4.69, 9.17) is 4.74 Å². The van der Waals surface area contributed by atoms with Crippen LogP contribution >= 0.6 is 15.9 Å². The molecule has 12 heteroatoms. The average Bonchev–Trinajstić information content (AvgIpc) is 2.86. The van der Waals surface area contributed by atoms with E-state index < -0.39 is 10.0 Å². The van der Waals surface area contributed by atoms with Gasteiger partial charge in [-0.3, -0.25) is 0 Å². The highest BCUT2D eigenvalue weighted by atomic mass is 79.9. The minimum atomic E-state index is -3.73. The average molecular weight is 592 g/mol. The number of piperidine rings is 1. The summed E-state index contributed by atoms with van der Waals surface area (Å²) in [5.41, 5.74) is 2.07. The number of sulfonamides is 1. The molecule has 0 radical (unpaired) electrons. The molecule has 1 aliphatic heterocycles. The lowest BCUT2D eigenvalue weighted by molar-refractivity contribution is 0.145. The summed E-state index contributed by atoms with van der Waals surface area (Å²) in [7, 11) is -2.14. The molecule has 37 heavy (non-hydrogen) atoms. The Bertz CT molecular complexity index is 1350. The smallest absolute Gasteiger partial charge is 0.242 e. The van der Waals surface area contributed by atoms with Gasteiger partial charge >= 0.3 is 0 Å². The highest BCUT2D eigenvalue weighted by molar-refractivity contribution is 9.10. The molecule has 1 aromatic heterocycles. The maximum atomic E-state index is 12.9. The van der Waals surface area contributed by atoms with Gasteiger partial charge in [0.1, 0.15) is 16.5 Å². The Morgan fingerprint density at radius 1 is 1.11 bits per heavy atom. The largest absolute Gasteiger partial charge is 0.495 e. The molecule has 0 bridgehead atoms. The molecule has 0 amide bonds. The van der Waals surface area contributed by atoms with Gasteiger partial charge in [-0.25, -0.2) is 18.1 Å². The van der Waals surface area contributed by atoms with Gasteiger partial charge in [-0.15, -0.1) is 0 Å². The molecule has 0 saturated carbocycles. The topological polar surface area (TPSA) is 129 Å². The fourth-order valence-corrected chi connectivity index (χ4v) is 5.76. The van der Waals surface area contributed by atoms with Crippen LogP contribution in [0.3, 0.4) is 0 Å². The Morgan fingerprint density at radius 3 is 2.54 bits per heavy atom.